The summed E-state index contributed by atoms with van der Waals surface area (Å²) < 4.78 is 40.4. The van der Waals surface area contributed by atoms with Crippen LogP contribution >= 0.6 is 11.3 Å². The zero-order chi connectivity index (χ0) is 19.8. The molecule has 0 bridgehead atoms. The molecule has 150 valence electrons. The lowest BCUT2D eigenvalue weighted by Crippen LogP contribution is -2.40. The van der Waals surface area contributed by atoms with Gasteiger partial charge >= 0.3 is 0 Å². The number of nitrogens with zero attached hydrogens (tertiary/aromatic N) is 1. The van der Waals surface area contributed by atoms with E-state index in [0.29, 0.717) is 31.3 Å². The van der Waals surface area contributed by atoms with E-state index in [9.17, 15) is 8.42 Å². The second kappa shape index (κ2) is 7.48. The van der Waals surface area contributed by atoms with Crippen LogP contribution in [-0.2, 0) is 16.4 Å². The molecule has 0 N–H and O–H groups in total. The summed E-state index contributed by atoms with van der Waals surface area (Å²) in [6.45, 7) is 1.54. The largest absolute Gasteiger partial charge is 0.490 e. The third-order valence-electron chi connectivity index (χ3n) is 5.36. The Morgan fingerprint density at radius 1 is 0.966 bits per heavy atom. The van der Waals surface area contributed by atoms with Crippen LogP contribution in [0.1, 0.15) is 28.5 Å². The zero-order valence-corrected chi connectivity index (χ0v) is 17.4. The molecule has 0 fully saturated rings. The smallest absolute Gasteiger partial charge is 0.244 e. The molecule has 3 heterocycles. The van der Waals surface area contributed by atoms with Gasteiger partial charge in [0.25, 0.3) is 0 Å². The van der Waals surface area contributed by atoms with Crippen molar-refractivity contribution in [3.63, 3.8) is 0 Å². The molecule has 2 aliphatic rings. The summed E-state index contributed by atoms with van der Waals surface area (Å²) in [7, 11) is -3.72. The van der Waals surface area contributed by atoms with Crippen molar-refractivity contribution in [3.05, 3.63) is 76.0 Å². The van der Waals surface area contributed by atoms with E-state index in [0.717, 1.165) is 24.0 Å². The maximum absolute atomic E-state index is 13.7. The zero-order valence-electron chi connectivity index (χ0n) is 15.8. The first-order chi connectivity index (χ1) is 14.1. The molecule has 0 radical (unpaired) electrons. The molecule has 1 unspecified atom stereocenters. The third kappa shape index (κ3) is 3.33. The highest BCUT2D eigenvalue weighted by molar-refractivity contribution is 7.89. The van der Waals surface area contributed by atoms with E-state index in [2.05, 4.69) is 0 Å². The minimum absolute atomic E-state index is 0.237. The molecule has 0 amide bonds. The van der Waals surface area contributed by atoms with Crippen molar-refractivity contribution in [1.29, 1.82) is 0 Å². The van der Waals surface area contributed by atoms with Gasteiger partial charge < -0.3 is 9.47 Å². The fraction of sp³-hybridized carbons (Fsp3) is 0.273. The van der Waals surface area contributed by atoms with Crippen molar-refractivity contribution in [2.75, 3.05) is 19.8 Å². The molecule has 1 atom stereocenters. The Hall–Kier alpha value is -2.35. The molecule has 5 rings (SSSR count). The molecular weight excluding hydrogens is 406 g/mol. The fourth-order valence-corrected chi connectivity index (χ4v) is 6.49. The van der Waals surface area contributed by atoms with E-state index in [1.54, 1.807) is 33.8 Å². The lowest BCUT2D eigenvalue weighted by Gasteiger charge is -2.35. The molecule has 0 aliphatic carbocycles. The van der Waals surface area contributed by atoms with E-state index < -0.39 is 10.0 Å². The normalized spacial score (nSPS) is 19.4. The number of hydrogen-bond acceptors (Lipinski definition) is 5. The number of sulfonamides is 1. The monoisotopic (exact) mass is 427 g/mol. The maximum atomic E-state index is 13.7. The molecular formula is C22H21NO4S2. The van der Waals surface area contributed by atoms with Crippen LogP contribution in [0, 0.1) is 0 Å². The van der Waals surface area contributed by atoms with E-state index in [-0.39, 0.29) is 10.9 Å². The number of benzene rings is 2. The summed E-state index contributed by atoms with van der Waals surface area (Å²) in [4.78, 5) is 1.49. The Labute approximate surface area is 174 Å². The topological polar surface area (TPSA) is 55.8 Å². The van der Waals surface area contributed by atoms with Gasteiger partial charge in [0.1, 0.15) is 0 Å². The minimum Gasteiger partial charge on any atom is -0.490 e. The Morgan fingerprint density at radius 2 is 1.76 bits per heavy atom. The Balaban J connectivity index is 1.59. The summed E-state index contributed by atoms with van der Waals surface area (Å²) in [5, 5.41) is 2.05. The van der Waals surface area contributed by atoms with Gasteiger partial charge in [-0.1, -0.05) is 30.3 Å². The van der Waals surface area contributed by atoms with E-state index in [4.69, 9.17) is 9.47 Å². The standard InChI is InChI=1S/C22H21NO4S2/c24-29(25,17-7-8-19-20(15-17)27-13-4-12-26-19)23-11-9-21-18(10-14-28-21)22(23)16-5-2-1-3-6-16/h1-3,5-8,10,14-15,22H,4,9,11-13H2. The Morgan fingerprint density at radius 3 is 2.59 bits per heavy atom. The molecule has 2 aromatic carbocycles. The van der Waals surface area contributed by atoms with Crippen molar-refractivity contribution in [3.8, 4) is 11.5 Å². The molecule has 5 nitrogen and oxygen atoms in total. The molecule has 7 heteroatoms. The number of rotatable bonds is 3. The van der Waals surface area contributed by atoms with Crippen LogP contribution in [-0.4, -0.2) is 32.5 Å². The van der Waals surface area contributed by atoms with Gasteiger partial charge in [-0.3, -0.25) is 0 Å². The van der Waals surface area contributed by atoms with Crippen LogP contribution in [0.25, 0.3) is 0 Å². The molecule has 29 heavy (non-hydrogen) atoms. The molecule has 0 spiro atoms. The number of hydrogen-bond donors (Lipinski definition) is 0. The summed E-state index contributed by atoms with van der Waals surface area (Å²) in [5.41, 5.74) is 2.05. The summed E-state index contributed by atoms with van der Waals surface area (Å²) in [6, 6.07) is 16.5. The van der Waals surface area contributed by atoms with Crippen LogP contribution in [0.2, 0.25) is 0 Å². The van der Waals surface area contributed by atoms with Gasteiger partial charge in [0, 0.05) is 23.9 Å². The number of thiophene rings is 1. The minimum atomic E-state index is -3.72. The maximum Gasteiger partial charge on any atom is 0.244 e. The van der Waals surface area contributed by atoms with Gasteiger partial charge in [0.15, 0.2) is 11.5 Å². The first-order valence-corrected chi connectivity index (χ1v) is 12.0. The molecule has 1 aromatic heterocycles. The molecule has 3 aromatic rings. The third-order valence-corrected chi connectivity index (χ3v) is 8.22. The van der Waals surface area contributed by atoms with Gasteiger partial charge in [-0.25, -0.2) is 8.42 Å². The van der Waals surface area contributed by atoms with Gasteiger partial charge in [-0.2, -0.15) is 4.31 Å². The highest BCUT2D eigenvalue weighted by Crippen LogP contribution is 2.41. The Kier molecular flexibility index (Phi) is 4.81. The summed E-state index contributed by atoms with van der Waals surface area (Å²) in [5.74, 6) is 1.09. The second-order valence-electron chi connectivity index (χ2n) is 7.14. The van der Waals surface area contributed by atoms with E-state index >= 15 is 0 Å². The van der Waals surface area contributed by atoms with Gasteiger partial charge in [0.2, 0.25) is 10.0 Å². The molecule has 0 saturated carbocycles. The summed E-state index contributed by atoms with van der Waals surface area (Å²) >= 11 is 1.70. The predicted molar refractivity (Wildman–Crippen MR) is 112 cm³/mol. The quantitative estimate of drug-likeness (QED) is 0.627. The first kappa shape index (κ1) is 18.7. The van der Waals surface area contributed by atoms with Crippen LogP contribution < -0.4 is 9.47 Å². The summed E-state index contributed by atoms with van der Waals surface area (Å²) in [6.07, 6.45) is 1.50. The van der Waals surface area contributed by atoms with Gasteiger partial charge in [-0.15, -0.1) is 11.3 Å². The van der Waals surface area contributed by atoms with Gasteiger partial charge in [0.05, 0.1) is 24.2 Å². The van der Waals surface area contributed by atoms with Crippen molar-refractivity contribution in [1.82, 2.24) is 4.31 Å². The van der Waals surface area contributed by atoms with Crippen LogP contribution in [0.4, 0.5) is 0 Å². The van der Waals surface area contributed by atoms with Gasteiger partial charge in [-0.05, 0) is 41.1 Å². The van der Waals surface area contributed by atoms with Crippen LogP contribution in [0.3, 0.4) is 0 Å². The molecule has 0 saturated heterocycles. The van der Waals surface area contributed by atoms with Crippen LogP contribution in [0.15, 0.2) is 64.9 Å². The fourth-order valence-electron chi connectivity index (χ4n) is 3.97. The SMILES string of the molecule is O=S(=O)(c1ccc2c(c1)OCCCO2)N1CCc2sccc2C1c1ccccc1. The average molecular weight is 428 g/mol. The predicted octanol–water partition coefficient (Wildman–Crippen LogP) is 4.25. The van der Waals surface area contributed by atoms with Crippen molar-refractivity contribution in [2.24, 2.45) is 0 Å². The van der Waals surface area contributed by atoms with Crippen molar-refractivity contribution in [2.45, 2.75) is 23.8 Å². The molecule has 2 aliphatic heterocycles. The highest BCUT2D eigenvalue weighted by Gasteiger charge is 2.38. The first-order valence-electron chi connectivity index (χ1n) is 9.67. The second-order valence-corrected chi connectivity index (χ2v) is 10.0. The lowest BCUT2D eigenvalue weighted by molar-refractivity contribution is 0.296. The van der Waals surface area contributed by atoms with Crippen molar-refractivity contribution >= 4 is 21.4 Å². The van der Waals surface area contributed by atoms with E-state index in [1.807, 2.05) is 41.8 Å². The highest BCUT2D eigenvalue weighted by atomic mass is 32.2. The lowest BCUT2D eigenvalue weighted by atomic mass is 9.95. The number of fused-ring (bicyclic) bond motifs is 2. The van der Waals surface area contributed by atoms with E-state index in [1.165, 1.54) is 4.88 Å². The van der Waals surface area contributed by atoms with Crippen molar-refractivity contribution < 1.29 is 17.9 Å². The average Bonchev–Trinajstić information content (AvgIpc) is 3.10. The number of ether oxygens (including phenoxy) is 2. The Bertz CT molecular complexity index is 1120. The van der Waals surface area contributed by atoms with Crippen LogP contribution in [0.5, 0.6) is 11.5 Å².